The highest BCUT2D eigenvalue weighted by molar-refractivity contribution is 6.31. The van der Waals surface area contributed by atoms with E-state index in [-0.39, 0.29) is 19.8 Å². The summed E-state index contributed by atoms with van der Waals surface area (Å²) in [5.41, 5.74) is 5.18. The fraction of sp³-hybridized carbons (Fsp3) is 0.211. The molecule has 0 aromatic heterocycles. The molecule has 0 atom stereocenters. The molecule has 3 N–H and O–H groups in total. The van der Waals surface area contributed by atoms with E-state index in [1.54, 1.807) is 42.5 Å². The van der Waals surface area contributed by atoms with Crippen LogP contribution in [0.1, 0.15) is 5.56 Å². The zero-order valence-corrected chi connectivity index (χ0v) is 15.9. The molecular formula is C19H20ClN3O5. The van der Waals surface area contributed by atoms with E-state index in [9.17, 15) is 14.4 Å². The van der Waals surface area contributed by atoms with Gasteiger partial charge in [-0.05, 0) is 42.8 Å². The quantitative estimate of drug-likeness (QED) is 0.575. The Morgan fingerprint density at radius 2 is 1.50 bits per heavy atom. The summed E-state index contributed by atoms with van der Waals surface area (Å²) in [5.74, 6) is -0.588. The van der Waals surface area contributed by atoms with Crippen LogP contribution in [0.4, 0.5) is 0 Å². The summed E-state index contributed by atoms with van der Waals surface area (Å²) in [6, 6.07) is 13.8. The number of hydrazine groups is 1. The summed E-state index contributed by atoms with van der Waals surface area (Å²) in [5, 5.41) is 2.97. The van der Waals surface area contributed by atoms with Crippen molar-refractivity contribution in [1.82, 2.24) is 16.2 Å². The van der Waals surface area contributed by atoms with Crippen molar-refractivity contribution in [1.29, 1.82) is 0 Å². The van der Waals surface area contributed by atoms with Crippen molar-refractivity contribution in [3.63, 3.8) is 0 Å². The molecule has 0 bridgehead atoms. The molecule has 9 heteroatoms. The first-order valence-electron chi connectivity index (χ1n) is 8.35. The van der Waals surface area contributed by atoms with Crippen molar-refractivity contribution in [3.05, 3.63) is 59.1 Å². The van der Waals surface area contributed by atoms with Crippen LogP contribution in [0.3, 0.4) is 0 Å². The lowest BCUT2D eigenvalue weighted by molar-refractivity contribution is -0.131. The minimum Gasteiger partial charge on any atom is -0.484 e. The molecule has 0 saturated carbocycles. The summed E-state index contributed by atoms with van der Waals surface area (Å²) < 4.78 is 10.5. The molecule has 0 spiro atoms. The van der Waals surface area contributed by atoms with Crippen LogP contribution in [0.25, 0.3) is 0 Å². The Balaban J connectivity index is 1.60. The normalized spacial score (nSPS) is 9.93. The number of aryl methyl sites for hydroxylation is 1. The van der Waals surface area contributed by atoms with E-state index in [2.05, 4.69) is 16.2 Å². The summed E-state index contributed by atoms with van der Waals surface area (Å²) >= 11 is 5.91. The number of hydrogen-bond donors (Lipinski definition) is 3. The predicted octanol–water partition coefficient (Wildman–Crippen LogP) is 1.37. The average molecular weight is 406 g/mol. The van der Waals surface area contributed by atoms with Gasteiger partial charge in [0.1, 0.15) is 11.5 Å². The molecule has 2 aromatic rings. The number of halogens is 1. The minimum absolute atomic E-state index is 0.224. The van der Waals surface area contributed by atoms with E-state index in [1.165, 1.54) is 0 Å². The van der Waals surface area contributed by atoms with Crippen molar-refractivity contribution < 1.29 is 23.9 Å². The van der Waals surface area contributed by atoms with Crippen LogP contribution in [0.15, 0.2) is 48.5 Å². The maximum atomic E-state index is 11.7. The molecule has 0 aliphatic heterocycles. The summed E-state index contributed by atoms with van der Waals surface area (Å²) in [6.07, 6.45) is 0. The Bertz CT molecular complexity index is 830. The third-order valence-electron chi connectivity index (χ3n) is 3.40. The van der Waals surface area contributed by atoms with Crippen LogP contribution in [0.5, 0.6) is 11.5 Å². The third-order valence-corrected chi connectivity index (χ3v) is 3.82. The molecule has 28 heavy (non-hydrogen) atoms. The molecule has 0 radical (unpaired) electrons. The largest absolute Gasteiger partial charge is 0.484 e. The molecule has 3 amide bonds. The summed E-state index contributed by atoms with van der Waals surface area (Å²) in [4.78, 5) is 35.0. The van der Waals surface area contributed by atoms with Gasteiger partial charge in [-0.15, -0.1) is 0 Å². The van der Waals surface area contributed by atoms with Crippen molar-refractivity contribution in [2.45, 2.75) is 6.92 Å². The van der Waals surface area contributed by atoms with Gasteiger partial charge in [0.25, 0.3) is 17.7 Å². The smallest absolute Gasteiger partial charge is 0.276 e. The van der Waals surface area contributed by atoms with Gasteiger partial charge in [-0.2, -0.15) is 0 Å². The highest BCUT2D eigenvalue weighted by Crippen LogP contribution is 2.20. The Hall–Kier alpha value is -3.26. The minimum atomic E-state index is -0.594. The monoisotopic (exact) mass is 405 g/mol. The standard InChI is InChI=1S/C19H20ClN3O5/c1-13-9-15(7-8-16(13)20)28-12-19(26)23-22-17(24)10-21-18(25)11-27-14-5-3-2-4-6-14/h2-9H,10-12H2,1H3,(H,21,25)(H,22,24)(H,23,26). The number of rotatable bonds is 8. The Labute approximate surface area is 167 Å². The van der Waals surface area contributed by atoms with Gasteiger partial charge in [0, 0.05) is 5.02 Å². The van der Waals surface area contributed by atoms with E-state index in [1.807, 2.05) is 13.0 Å². The van der Waals surface area contributed by atoms with Gasteiger partial charge >= 0.3 is 0 Å². The van der Waals surface area contributed by atoms with Crippen LogP contribution < -0.4 is 25.6 Å². The van der Waals surface area contributed by atoms with E-state index < -0.39 is 17.7 Å². The first-order valence-corrected chi connectivity index (χ1v) is 8.73. The third kappa shape index (κ3) is 7.55. The Morgan fingerprint density at radius 1 is 0.857 bits per heavy atom. The van der Waals surface area contributed by atoms with Crippen LogP contribution in [-0.4, -0.2) is 37.5 Å². The molecule has 2 rings (SSSR count). The van der Waals surface area contributed by atoms with E-state index >= 15 is 0 Å². The lowest BCUT2D eigenvalue weighted by atomic mass is 10.2. The number of carbonyl (C=O) groups is 3. The fourth-order valence-corrected chi connectivity index (χ4v) is 2.09. The molecule has 0 fully saturated rings. The van der Waals surface area contributed by atoms with Gasteiger partial charge in [0.05, 0.1) is 6.54 Å². The number of para-hydroxylation sites is 1. The second kappa shape index (κ2) is 10.8. The lowest BCUT2D eigenvalue weighted by Crippen LogP contribution is -2.48. The van der Waals surface area contributed by atoms with E-state index in [4.69, 9.17) is 21.1 Å². The fourth-order valence-electron chi connectivity index (χ4n) is 1.97. The number of benzene rings is 2. The Kier molecular flexibility index (Phi) is 8.11. The first-order chi connectivity index (χ1) is 13.4. The topological polar surface area (TPSA) is 106 Å². The highest BCUT2D eigenvalue weighted by Gasteiger charge is 2.09. The molecule has 0 saturated heterocycles. The summed E-state index contributed by atoms with van der Waals surface area (Å²) in [7, 11) is 0. The molecule has 0 unspecified atom stereocenters. The van der Waals surface area contributed by atoms with Crippen molar-refractivity contribution in [2.75, 3.05) is 19.8 Å². The molecule has 2 aromatic carbocycles. The van der Waals surface area contributed by atoms with Crippen LogP contribution in [0.2, 0.25) is 5.02 Å². The van der Waals surface area contributed by atoms with Crippen molar-refractivity contribution in [2.24, 2.45) is 0 Å². The number of hydrogen-bond acceptors (Lipinski definition) is 5. The first kappa shape index (κ1) is 21.0. The number of nitrogens with one attached hydrogen (secondary N) is 3. The SMILES string of the molecule is Cc1cc(OCC(=O)NNC(=O)CNC(=O)COc2ccccc2)ccc1Cl. The van der Waals surface area contributed by atoms with Gasteiger partial charge in [0.15, 0.2) is 13.2 Å². The molecule has 0 aliphatic rings. The molecular weight excluding hydrogens is 386 g/mol. The summed E-state index contributed by atoms with van der Waals surface area (Å²) in [6.45, 7) is 0.986. The number of carbonyl (C=O) groups excluding carboxylic acids is 3. The zero-order valence-electron chi connectivity index (χ0n) is 15.2. The van der Waals surface area contributed by atoms with Crippen LogP contribution >= 0.6 is 11.6 Å². The zero-order chi connectivity index (χ0) is 20.4. The molecule has 0 heterocycles. The van der Waals surface area contributed by atoms with E-state index in [0.29, 0.717) is 16.5 Å². The molecule has 148 valence electrons. The van der Waals surface area contributed by atoms with Gasteiger partial charge in [-0.25, -0.2) is 0 Å². The van der Waals surface area contributed by atoms with Crippen molar-refractivity contribution in [3.8, 4) is 11.5 Å². The lowest BCUT2D eigenvalue weighted by Gasteiger charge is -2.10. The maximum absolute atomic E-state index is 11.7. The highest BCUT2D eigenvalue weighted by atomic mass is 35.5. The van der Waals surface area contributed by atoms with Crippen molar-refractivity contribution >= 4 is 29.3 Å². The maximum Gasteiger partial charge on any atom is 0.276 e. The van der Waals surface area contributed by atoms with Gasteiger partial charge < -0.3 is 14.8 Å². The van der Waals surface area contributed by atoms with Gasteiger partial charge in [-0.3, -0.25) is 25.2 Å². The number of amides is 3. The van der Waals surface area contributed by atoms with Gasteiger partial charge in [0.2, 0.25) is 0 Å². The van der Waals surface area contributed by atoms with Crippen LogP contribution in [0, 0.1) is 6.92 Å². The number of ether oxygens (including phenoxy) is 2. The predicted molar refractivity (Wildman–Crippen MR) is 103 cm³/mol. The average Bonchev–Trinajstić information content (AvgIpc) is 2.70. The second-order valence-electron chi connectivity index (χ2n) is 5.67. The Morgan fingerprint density at radius 3 is 2.21 bits per heavy atom. The van der Waals surface area contributed by atoms with E-state index in [0.717, 1.165) is 5.56 Å². The molecule has 0 aliphatic carbocycles. The van der Waals surface area contributed by atoms with Gasteiger partial charge in [-0.1, -0.05) is 29.8 Å². The second-order valence-corrected chi connectivity index (χ2v) is 6.08. The molecule has 8 nitrogen and oxygen atoms in total. The van der Waals surface area contributed by atoms with Crippen LogP contribution in [-0.2, 0) is 14.4 Å².